The summed E-state index contributed by atoms with van der Waals surface area (Å²) in [5.74, 6) is -0.190. The van der Waals surface area contributed by atoms with E-state index in [1.54, 1.807) is 6.07 Å². The minimum atomic E-state index is -0.190. The summed E-state index contributed by atoms with van der Waals surface area (Å²) < 4.78 is 14.9. The van der Waals surface area contributed by atoms with Crippen molar-refractivity contribution in [2.45, 2.75) is 0 Å². The molecular weight excluding hydrogens is 295 g/mol. The van der Waals surface area contributed by atoms with E-state index in [1.807, 2.05) is 35.2 Å². The van der Waals surface area contributed by atoms with E-state index in [-0.39, 0.29) is 5.82 Å². The van der Waals surface area contributed by atoms with Crippen molar-refractivity contribution in [2.75, 3.05) is 23.3 Å². The molecule has 0 radical (unpaired) electrons. The Morgan fingerprint density at radius 2 is 1.94 bits per heavy atom. The average Bonchev–Trinajstić information content (AvgIpc) is 2.39. The predicted molar refractivity (Wildman–Crippen MR) is 76.0 cm³/mol. The molecule has 1 aliphatic rings. The summed E-state index contributed by atoms with van der Waals surface area (Å²) in [6, 6.07) is 12.9. The van der Waals surface area contributed by atoms with Crippen LogP contribution in [0.15, 0.2) is 46.9 Å². The Bertz CT molecular complexity index is 586. The van der Waals surface area contributed by atoms with Crippen LogP contribution in [0.25, 0.3) is 0 Å². The highest BCUT2D eigenvalue weighted by molar-refractivity contribution is 9.10. The van der Waals surface area contributed by atoms with Crippen LogP contribution in [0.5, 0.6) is 0 Å². The molecule has 1 heterocycles. The number of anilines is 3. The molecule has 18 heavy (non-hydrogen) atoms. The van der Waals surface area contributed by atoms with Crippen molar-refractivity contribution in [2.24, 2.45) is 0 Å². The van der Waals surface area contributed by atoms with E-state index >= 15 is 0 Å². The molecule has 0 saturated heterocycles. The van der Waals surface area contributed by atoms with Gasteiger partial charge in [0.1, 0.15) is 5.82 Å². The summed E-state index contributed by atoms with van der Waals surface area (Å²) in [4.78, 5) is 2.01. The lowest BCUT2D eigenvalue weighted by Crippen LogP contribution is -2.30. The fourth-order valence-electron chi connectivity index (χ4n) is 2.22. The van der Waals surface area contributed by atoms with Gasteiger partial charge in [0.2, 0.25) is 0 Å². The van der Waals surface area contributed by atoms with Crippen LogP contribution in [-0.2, 0) is 0 Å². The Kier molecular flexibility index (Phi) is 2.96. The van der Waals surface area contributed by atoms with Crippen molar-refractivity contribution >= 4 is 33.0 Å². The number of nitrogens with one attached hydrogen (secondary N) is 1. The average molecular weight is 307 g/mol. The first-order chi connectivity index (χ1) is 8.75. The molecule has 1 aliphatic heterocycles. The van der Waals surface area contributed by atoms with E-state index in [4.69, 9.17) is 0 Å². The molecule has 2 nitrogen and oxygen atoms in total. The number of para-hydroxylation sites is 1. The van der Waals surface area contributed by atoms with E-state index in [0.29, 0.717) is 5.69 Å². The van der Waals surface area contributed by atoms with E-state index in [1.165, 1.54) is 6.07 Å². The van der Waals surface area contributed by atoms with Crippen molar-refractivity contribution in [3.8, 4) is 0 Å². The fraction of sp³-hybridized carbons (Fsp3) is 0.143. The highest BCUT2D eigenvalue weighted by Gasteiger charge is 2.20. The molecule has 3 rings (SSSR count). The van der Waals surface area contributed by atoms with Crippen LogP contribution < -0.4 is 10.2 Å². The molecule has 0 atom stereocenters. The number of hydrogen-bond acceptors (Lipinski definition) is 2. The molecule has 0 spiro atoms. The summed E-state index contributed by atoms with van der Waals surface area (Å²) >= 11 is 3.46. The minimum absolute atomic E-state index is 0.190. The Hall–Kier alpha value is -1.55. The van der Waals surface area contributed by atoms with E-state index < -0.39 is 0 Å². The SMILES string of the molecule is Fc1ccccc1N1CCNc2ccc(Br)cc21. The van der Waals surface area contributed by atoms with Crippen LogP contribution in [0.1, 0.15) is 0 Å². The van der Waals surface area contributed by atoms with Gasteiger partial charge in [-0.25, -0.2) is 4.39 Å². The van der Waals surface area contributed by atoms with Gasteiger partial charge in [-0.1, -0.05) is 28.1 Å². The maximum atomic E-state index is 13.9. The van der Waals surface area contributed by atoms with Crippen LogP contribution >= 0.6 is 15.9 Å². The van der Waals surface area contributed by atoms with E-state index in [2.05, 4.69) is 21.2 Å². The van der Waals surface area contributed by atoms with Crippen LogP contribution in [0.4, 0.5) is 21.5 Å². The van der Waals surface area contributed by atoms with Gasteiger partial charge in [-0.3, -0.25) is 0 Å². The van der Waals surface area contributed by atoms with Gasteiger partial charge in [0.05, 0.1) is 17.1 Å². The van der Waals surface area contributed by atoms with Gasteiger partial charge in [-0.2, -0.15) is 0 Å². The second-order valence-corrected chi connectivity index (χ2v) is 5.11. The highest BCUT2D eigenvalue weighted by atomic mass is 79.9. The molecule has 92 valence electrons. The molecule has 0 unspecified atom stereocenters. The molecule has 4 heteroatoms. The number of fused-ring (bicyclic) bond motifs is 1. The molecule has 0 fully saturated rings. The summed E-state index contributed by atoms with van der Waals surface area (Å²) in [7, 11) is 0. The van der Waals surface area contributed by atoms with Crippen LogP contribution in [0.3, 0.4) is 0 Å². The third kappa shape index (κ3) is 1.97. The molecule has 2 aromatic rings. The third-order valence-electron chi connectivity index (χ3n) is 3.04. The standard InChI is InChI=1S/C14H12BrFN2/c15-10-5-6-12-14(9-10)18(8-7-17-12)13-4-2-1-3-11(13)16/h1-6,9,17H,7-8H2. The molecule has 0 aliphatic carbocycles. The van der Waals surface area contributed by atoms with Gasteiger partial charge < -0.3 is 10.2 Å². The smallest absolute Gasteiger partial charge is 0.146 e. The van der Waals surface area contributed by atoms with E-state index in [9.17, 15) is 4.39 Å². The molecule has 0 aromatic heterocycles. The van der Waals surface area contributed by atoms with Crippen LogP contribution in [-0.4, -0.2) is 13.1 Å². The topological polar surface area (TPSA) is 15.3 Å². The Morgan fingerprint density at radius 1 is 1.11 bits per heavy atom. The second-order valence-electron chi connectivity index (χ2n) is 4.19. The van der Waals surface area contributed by atoms with E-state index in [0.717, 1.165) is 28.9 Å². The van der Waals surface area contributed by atoms with Gasteiger partial charge in [0.25, 0.3) is 0 Å². The van der Waals surface area contributed by atoms with Gasteiger partial charge in [0.15, 0.2) is 0 Å². The molecule has 0 bridgehead atoms. The van der Waals surface area contributed by atoms with Crippen molar-refractivity contribution in [3.05, 3.63) is 52.8 Å². The minimum Gasteiger partial charge on any atom is -0.382 e. The molecule has 2 aromatic carbocycles. The lowest BCUT2D eigenvalue weighted by Gasteiger charge is -2.32. The Morgan fingerprint density at radius 3 is 2.78 bits per heavy atom. The number of benzene rings is 2. The zero-order valence-corrected chi connectivity index (χ0v) is 11.2. The van der Waals surface area contributed by atoms with Crippen LogP contribution in [0, 0.1) is 5.82 Å². The number of nitrogens with zero attached hydrogens (tertiary/aromatic N) is 1. The molecular formula is C14H12BrFN2. The maximum absolute atomic E-state index is 13.9. The second kappa shape index (κ2) is 4.61. The first kappa shape index (κ1) is 11.5. The van der Waals surface area contributed by atoms with Crippen molar-refractivity contribution in [1.29, 1.82) is 0 Å². The maximum Gasteiger partial charge on any atom is 0.146 e. The monoisotopic (exact) mass is 306 g/mol. The van der Waals surface area contributed by atoms with Gasteiger partial charge >= 0.3 is 0 Å². The van der Waals surface area contributed by atoms with Crippen LogP contribution in [0.2, 0.25) is 0 Å². The van der Waals surface area contributed by atoms with Gasteiger partial charge in [-0.05, 0) is 30.3 Å². The lowest BCUT2D eigenvalue weighted by atomic mass is 10.1. The quantitative estimate of drug-likeness (QED) is 0.851. The van der Waals surface area contributed by atoms with Gasteiger partial charge in [0, 0.05) is 17.6 Å². The summed E-state index contributed by atoms with van der Waals surface area (Å²) in [5, 5.41) is 3.32. The van der Waals surface area contributed by atoms with Crippen molar-refractivity contribution in [1.82, 2.24) is 0 Å². The zero-order chi connectivity index (χ0) is 12.5. The summed E-state index contributed by atoms with van der Waals surface area (Å²) in [6.45, 7) is 1.56. The Labute approximate surface area is 114 Å². The normalized spacial score (nSPS) is 14.0. The zero-order valence-electron chi connectivity index (χ0n) is 9.66. The fourth-order valence-corrected chi connectivity index (χ4v) is 2.57. The summed E-state index contributed by atoms with van der Waals surface area (Å²) in [5.41, 5.74) is 2.66. The van der Waals surface area contributed by atoms with Crippen molar-refractivity contribution < 1.29 is 4.39 Å². The molecule has 1 N–H and O–H groups in total. The van der Waals surface area contributed by atoms with Gasteiger partial charge in [-0.15, -0.1) is 0 Å². The molecule has 0 amide bonds. The lowest BCUT2D eigenvalue weighted by molar-refractivity contribution is 0.624. The highest BCUT2D eigenvalue weighted by Crippen LogP contribution is 2.37. The molecule has 0 saturated carbocycles. The third-order valence-corrected chi connectivity index (χ3v) is 3.54. The largest absolute Gasteiger partial charge is 0.382 e. The van der Waals surface area contributed by atoms with Crippen molar-refractivity contribution in [3.63, 3.8) is 0 Å². The first-order valence-electron chi connectivity index (χ1n) is 5.81. The number of hydrogen-bond donors (Lipinski definition) is 1. The summed E-state index contributed by atoms with van der Waals surface area (Å²) in [6.07, 6.45) is 0. The first-order valence-corrected chi connectivity index (χ1v) is 6.60. The predicted octanol–water partition coefficient (Wildman–Crippen LogP) is 4.15. The Balaban J connectivity index is 2.11. The number of halogens is 2. The number of rotatable bonds is 1.